The third-order valence-electron chi connectivity index (χ3n) is 4.32. The van der Waals surface area contributed by atoms with Crippen LogP contribution < -0.4 is 10.6 Å². The number of piperidine rings is 1. The second-order valence-corrected chi connectivity index (χ2v) is 6.19. The highest BCUT2D eigenvalue weighted by Crippen LogP contribution is 2.18. The molecule has 2 rings (SSSR count). The quantitative estimate of drug-likeness (QED) is 0.873. The Kier molecular flexibility index (Phi) is 5.76. The maximum Gasteiger partial charge on any atom is 0.238 e. The van der Waals surface area contributed by atoms with Crippen LogP contribution in [0.5, 0.6) is 0 Å². The van der Waals surface area contributed by atoms with Gasteiger partial charge in [-0.25, -0.2) is 0 Å². The number of anilines is 1. The summed E-state index contributed by atoms with van der Waals surface area (Å²) in [7, 11) is 2.03. The van der Waals surface area contributed by atoms with Gasteiger partial charge in [0.2, 0.25) is 5.91 Å². The SMILES string of the molecule is Cc1cccc(NC(=O)CN(C)CC2CCNCC2)c1C. The maximum atomic E-state index is 12.2. The minimum absolute atomic E-state index is 0.0696. The smallest absolute Gasteiger partial charge is 0.238 e. The first-order chi connectivity index (χ1) is 10.1. The maximum absolute atomic E-state index is 12.2. The lowest BCUT2D eigenvalue weighted by Gasteiger charge is -2.27. The molecule has 1 saturated heterocycles. The number of rotatable bonds is 5. The summed E-state index contributed by atoms with van der Waals surface area (Å²) >= 11 is 0. The van der Waals surface area contributed by atoms with Crippen LogP contribution in [0.15, 0.2) is 18.2 Å². The van der Waals surface area contributed by atoms with Crippen LogP contribution >= 0.6 is 0 Å². The molecule has 4 nitrogen and oxygen atoms in total. The van der Waals surface area contributed by atoms with E-state index >= 15 is 0 Å². The second kappa shape index (κ2) is 7.57. The third-order valence-corrected chi connectivity index (χ3v) is 4.32. The monoisotopic (exact) mass is 289 g/mol. The van der Waals surface area contributed by atoms with Gasteiger partial charge in [0.25, 0.3) is 0 Å². The standard InChI is InChI=1S/C17H27N3O/c1-13-5-4-6-16(14(13)2)19-17(21)12-20(3)11-15-7-9-18-10-8-15/h4-6,15,18H,7-12H2,1-3H3,(H,19,21). The van der Waals surface area contributed by atoms with Crippen LogP contribution in [0.2, 0.25) is 0 Å². The van der Waals surface area contributed by atoms with Crippen molar-refractivity contribution in [2.75, 3.05) is 38.5 Å². The number of carbonyl (C=O) groups excluding carboxylic acids is 1. The van der Waals surface area contributed by atoms with Crippen molar-refractivity contribution >= 4 is 11.6 Å². The lowest BCUT2D eigenvalue weighted by atomic mass is 9.98. The summed E-state index contributed by atoms with van der Waals surface area (Å²) in [5, 5.41) is 6.40. The van der Waals surface area contributed by atoms with Crippen LogP contribution in [0.25, 0.3) is 0 Å². The van der Waals surface area contributed by atoms with Crippen molar-refractivity contribution in [3.8, 4) is 0 Å². The molecule has 1 aromatic rings. The Hall–Kier alpha value is -1.39. The molecular weight excluding hydrogens is 262 g/mol. The van der Waals surface area contributed by atoms with Crippen molar-refractivity contribution < 1.29 is 4.79 Å². The van der Waals surface area contributed by atoms with Crippen molar-refractivity contribution in [1.82, 2.24) is 10.2 Å². The third kappa shape index (κ3) is 4.83. The summed E-state index contributed by atoms with van der Waals surface area (Å²) < 4.78 is 0. The number of nitrogens with zero attached hydrogens (tertiary/aromatic N) is 1. The van der Waals surface area contributed by atoms with E-state index in [1.807, 2.05) is 26.1 Å². The molecule has 1 fully saturated rings. The highest BCUT2D eigenvalue weighted by atomic mass is 16.2. The predicted octanol–water partition coefficient (Wildman–Crippen LogP) is 2.17. The van der Waals surface area contributed by atoms with Gasteiger partial charge in [-0.2, -0.15) is 0 Å². The minimum Gasteiger partial charge on any atom is -0.325 e. The van der Waals surface area contributed by atoms with Crippen molar-refractivity contribution in [3.05, 3.63) is 29.3 Å². The van der Waals surface area contributed by atoms with E-state index in [4.69, 9.17) is 0 Å². The Balaban J connectivity index is 1.82. The van der Waals surface area contributed by atoms with Crippen molar-refractivity contribution in [2.24, 2.45) is 5.92 Å². The first-order valence-corrected chi connectivity index (χ1v) is 7.81. The molecule has 0 saturated carbocycles. The summed E-state index contributed by atoms with van der Waals surface area (Å²) in [5.41, 5.74) is 3.28. The Labute approximate surface area is 127 Å². The number of amides is 1. The number of likely N-dealkylation sites (N-methyl/N-ethyl adjacent to an activating group) is 1. The highest BCUT2D eigenvalue weighted by molar-refractivity contribution is 5.93. The second-order valence-electron chi connectivity index (χ2n) is 6.19. The van der Waals surface area contributed by atoms with E-state index in [1.54, 1.807) is 0 Å². The lowest BCUT2D eigenvalue weighted by Crippen LogP contribution is -2.37. The van der Waals surface area contributed by atoms with Crippen LogP contribution in [0.1, 0.15) is 24.0 Å². The first kappa shape index (κ1) is 16.0. The average Bonchev–Trinajstić information content (AvgIpc) is 2.44. The van der Waals surface area contributed by atoms with Gasteiger partial charge < -0.3 is 10.6 Å². The summed E-state index contributed by atoms with van der Waals surface area (Å²) in [4.78, 5) is 14.3. The van der Waals surface area contributed by atoms with Gasteiger partial charge in [0, 0.05) is 12.2 Å². The van der Waals surface area contributed by atoms with E-state index in [1.165, 1.54) is 18.4 Å². The highest BCUT2D eigenvalue weighted by Gasteiger charge is 2.16. The largest absolute Gasteiger partial charge is 0.325 e. The molecule has 1 aromatic carbocycles. The fourth-order valence-electron chi connectivity index (χ4n) is 2.89. The van der Waals surface area contributed by atoms with Crippen LogP contribution in [0.4, 0.5) is 5.69 Å². The van der Waals surface area contributed by atoms with Gasteiger partial charge in [0.05, 0.1) is 6.54 Å². The molecule has 0 radical (unpaired) electrons. The van der Waals surface area contributed by atoms with Crippen LogP contribution in [-0.2, 0) is 4.79 Å². The Morgan fingerprint density at radius 2 is 2.05 bits per heavy atom. The number of aryl methyl sites for hydroxylation is 1. The fourth-order valence-corrected chi connectivity index (χ4v) is 2.89. The number of nitrogens with one attached hydrogen (secondary N) is 2. The van der Waals surface area contributed by atoms with Crippen molar-refractivity contribution in [1.29, 1.82) is 0 Å². The fraction of sp³-hybridized carbons (Fsp3) is 0.588. The molecule has 1 heterocycles. The van der Waals surface area contributed by atoms with Gasteiger partial charge in [-0.1, -0.05) is 12.1 Å². The molecule has 1 aliphatic rings. The minimum atomic E-state index is 0.0696. The van der Waals surface area contributed by atoms with E-state index in [-0.39, 0.29) is 5.91 Å². The van der Waals surface area contributed by atoms with Crippen molar-refractivity contribution in [2.45, 2.75) is 26.7 Å². The summed E-state index contributed by atoms with van der Waals surface area (Å²) in [6.07, 6.45) is 2.42. The first-order valence-electron chi connectivity index (χ1n) is 7.81. The van der Waals surface area contributed by atoms with E-state index < -0.39 is 0 Å². The Morgan fingerprint density at radius 1 is 1.33 bits per heavy atom. The van der Waals surface area contributed by atoms with Crippen LogP contribution in [0.3, 0.4) is 0 Å². The van der Waals surface area contributed by atoms with E-state index in [2.05, 4.69) is 28.5 Å². The normalized spacial score (nSPS) is 16.2. The van der Waals surface area contributed by atoms with Crippen LogP contribution in [-0.4, -0.2) is 44.0 Å². The molecule has 21 heavy (non-hydrogen) atoms. The van der Waals surface area contributed by atoms with Crippen LogP contribution in [0, 0.1) is 19.8 Å². The zero-order valence-corrected chi connectivity index (χ0v) is 13.4. The number of hydrogen-bond donors (Lipinski definition) is 2. The summed E-state index contributed by atoms with van der Waals surface area (Å²) in [5.74, 6) is 0.782. The van der Waals surface area contributed by atoms with Gasteiger partial charge in [-0.3, -0.25) is 9.69 Å². The molecule has 1 aliphatic heterocycles. The molecular formula is C17H27N3O. The number of benzene rings is 1. The topological polar surface area (TPSA) is 44.4 Å². The number of hydrogen-bond acceptors (Lipinski definition) is 3. The molecule has 0 atom stereocenters. The molecule has 2 N–H and O–H groups in total. The lowest BCUT2D eigenvalue weighted by molar-refractivity contribution is -0.117. The van der Waals surface area contributed by atoms with Gasteiger partial charge >= 0.3 is 0 Å². The van der Waals surface area contributed by atoms with Crippen molar-refractivity contribution in [3.63, 3.8) is 0 Å². The van der Waals surface area contributed by atoms with E-state index in [0.717, 1.165) is 30.9 Å². The predicted molar refractivity (Wildman–Crippen MR) is 87.6 cm³/mol. The molecule has 1 amide bonds. The molecule has 0 spiro atoms. The average molecular weight is 289 g/mol. The van der Waals surface area contributed by atoms with E-state index in [0.29, 0.717) is 12.5 Å². The van der Waals surface area contributed by atoms with Gasteiger partial charge in [-0.15, -0.1) is 0 Å². The molecule has 116 valence electrons. The zero-order chi connectivity index (χ0) is 15.2. The number of carbonyl (C=O) groups is 1. The molecule has 4 heteroatoms. The Bertz CT molecular complexity index is 481. The zero-order valence-electron chi connectivity index (χ0n) is 13.4. The molecule has 0 aliphatic carbocycles. The Morgan fingerprint density at radius 3 is 2.76 bits per heavy atom. The van der Waals surface area contributed by atoms with Gasteiger partial charge in [0.1, 0.15) is 0 Å². The van der Waals surface area contributed by atoms with Gasteiger partial charge in [0.15, 0.2) is 0 Å². The molecule has 0 unspecified atom stereocenters. The summed E-state index contributed by atoms with van der Waals surface area (Å²) in [6.45, 7) is 7.78. The molecule has 0 aromatic heterocycles. The molecule has 0 bridgehead atoms. The van der Waals surface area contributed by atoms with Gasteiger partial charge in [-0.05, 0) is 69.9 Å². The summed E-state index contributed by atoms with van der Waals surface area (Å²) in [6, 6.07) is 6.01. The van der Waals surface area contributed by atoms with E-state index in [9.17, 15) is 4.79 Å².